The molecule has 7 heteroatoms. The molecule has 0 atom stereocenters. The van der Waals surface area contributed by atoms with Crippen LogP contribution in [0, 0.1) is 13.8 Å². The Bertz CT molecular complexity index is 826. The van der Waals surface area contributed by atoms with E-state index < -0.39 is 0 Å². The van der Waals surface area contributed by atoms with Gasteiger partial charge in [0.05, 0.1) is 10.7 Å². The third-order valence-electron chi connectivity index (χ3n) is 3.14. The fourth-order valence-corrected chi connectivity index (χ4v) is 2.64. The van der Waals surface area contributed by atoms with Crippen LogP contribution in [0.5, 0.6) is 0 Å². The standard InChI is InChI=1S/C13H9Cl3N4/c1-6-7(2)20-12(18-19-13(20)11(16)17-6)9-5-8(14)3-4-10(9)15/h3-5H,1-2H3. The molecule has 3 aromatic rings. The highest BCUT2D eigenvalue weighted by Gasteiger charge is 2.17. The highest BCUT2D eigenvalue weighted by Crippen LogP contribution is 2.31. The van der Waals surface area contributed by atoms with E-state index in [1.54, 1.807) is 18.2 Å². The Balaban J connectivity index is 2.41. The Morgan fingerprint density at radius 2 is 1.80 bits per heavy atom. The molecule has 2 heterocycles. The molecule has 3 rings (SSSR count). The average molecular weight is 328 g/mol. The Labute approximate surface area is 130 Å². The molecule has 0 amide bonds. The molecule has 4 nitrogen and oxygen atoms in total. The second-order valence-corrected chi connectivity index (χ2v) is 5.58. The first kappa shape index (κ1) is 13.6. The minimum atomic E-state index is 0.310. The van der Waals surface area contributed by atoms with Gasteiger partial charge in [-0.15, -0.1) is 10.2 Å². The molecule has 0 radical (unpaired) electrons. The fourth-order valence-electron chi connectivity index (χ4n) is 2.02. The predicted octanol–water partition coefficient (Wildman–Crippen LogP) is 4.37. The van der Waals surface area contributed by atoms with Crippen LogP contribution in [0.1, 0.15) is 11.4 Å². The van der Waals surface area contributed by atoms with Gasteiger partial charge in [-0.1, -0.05) is 34.8 Å². The molecule has 102 valence electrons. The SMILES string of the molecule is Cc1nc(Cl)c2nnc(-c3cc(Cl)ccc3Cl)n2c1C. The number of benzene rings is 1. The van der Waals surface area contributed by atoms with E-state index >= 15 is 0 Å². The lowest BCUT2D eigenvalue weighted by molar-refractivity contribution is 1.000. The number of hydrogen-bond donors (Lipinski definition) is 0. The molecule has 0 spiro atoms. The van der Waals surface area contributed by atoms with Crippen LogP contribution in [-0.4, -0.2) is 19.6 Å². The molecular weight excluding hydrogens is 319 g/mol. The molecule has 0 aliphatic rings. The molecule has 0 N–H and O–H groups in total. The van der Waals surface area contributed by atoms with Crippen molar-refractivity contribution in [3.8, 4) is 11.4 Å². The van der Waals surface area contributed by atoms with Crippen molar-refractivity contribution in [3.05, 3.63) is 44.8 Å². The summed E-state index contributed by atoms with van der Waals surface area (Å²) in [5.41, 5.74) is 2.92. The number of halogens is 3. The number of fused-ring (bicyclic) bond motifs is 1. The Morgan fingerprint density at radius 1 is 1.05 bits per heavy atom. The Kier molecular flexibility index (Phi) is 3.32. The molecular formula is C13H9Cl3N4. The Hall–Kier alpha value is -1.36. The van der Waals surface area contributed by atoms with E-state index in [1.807, 2.05) is 18.2 Å². The van der Waals surface area contributed by atoms with Crippen LogP contribution in [-0.2, 0) is 0 Å². The van der Waals surface area contributed by atoms with Crippen molar-refractivity contribution >= 4 is 40.4 Å². The molecule has 0 saturated carbocycles. The summed E-state index contributed by atoms with van der Waals surface area (Å²) in [7, 11) is 0. The second-order valence-electron chi connectivity index (χ2n) is 4.38. The quantitative estimate of drug-likeness (QED) is 0.666. The van der Waals surface area contributed by atoms with Crippen molar-refractivity contribution < 1.29 is 0 Å². The summed E-state index contributed by atoms with van der Waals surface area (Å²) in [4.78, 5) is 4.23. The van der Waals surface area contributed by atoms with Crippen molar-refractivity contribution in [2.75, 3.05) is 0 Å². The van der Waals surface area contributed by atoms with Gasteiger partial charge in [-0.3, -0.25) is 4.40 Å². The maximum Gasteiger partial charge on any atom is 0.199 e. The molecule has 0 unspecified atom stereocenters. The van der Waals surface area contributed by atoms with Crippen LogP contribution < -0.4 is 0 Å². The van der Waals surface area contributed by atoms with Crippen molar-refractivity contribution in [2.24, 2.45) is 0 Å². The summed E-state index contributed by atoms with van der Waals surface area (Å²) in [5.74, 6) is 0.595. The van der Waals surface area contributed by atoms with E-state index in [9.17, 15) is 0 Å². The summed E-state index contributed by atoms with van der Waals surface area (Å²) in [6.07, 6.45) is 0. The molecule has 0 aliphatic heterocycles. The van der Waals surface area contributed by atoms with Gasteiger partial charge < -0.3 is 0 Å². The monoisotopic (exact) mass is 326 g/mol. The van der Waals surface area contributed by atoms with Crippen LogP contribution in [0.25, 0.3) is 17.0 Å². The molecule has 0 bridgehead atoms. The third-order valence-corrected chi connectivity index (χ3v) is 3.96. The molecule has 20 heavy (non-hydrogen) atoms. The maximum absolute atomic E-state index is 6.23. The van der Waals surface area contributed by atoms with E-state index in [0.29, 0.717) is 32.2 Å². The van der Waals surface area contributed by atoms with E-state index in [1.165, 1.54) is 0 Å². The van der Waals surface area contributed by atoms with Crippen molar-refractivity contribution in [2.45, 2.75) is 13.8 Å². The Morgan fingerprint density at radius 3 is 2.55 bits per heavy atom. The summed E-state index contributed by atoms with van der Waals surface area (Å²) in [6.45, 7) is 3.81. The third kappa shape index (κ3) is 2.04. The van der Waals surface area contributed by atoms with Crippen LogP contribution in [0.3, 0.4) is 0 Å². The van der Waals surface area contributed by atoms with E-state index in [-0.39, 0.29) is 0 Å². The van der Waals surface area contributed by atoms with Gasteiger partial charge in [0.2, 0.25) is 0 Å². The van der Waals surface area contributed by atoms with Gasteiger partial charge in [-0.05, 0) is 32.0 Å². The molecule has 0 fully saturated rings. The lowest BCUT2D eigenvalue weighted by Crippen LogP contribution is -2.01. The number of nitrogens with zero attached hydrogens (tertiary/aromatic N) is 4. The van der Waals surface area contributed by atoms with Gasteiger partial charge in [-0.2, -0.15) is 0 Å². The van der Waals surface area contributed by atoms with Gasteiger partial charge >= 0.3 is 0 Å². The highest BCUT2D eigenvalue weighted by molar-refractivity contribution is 6.35. The highest BCUT2D eigenvalue weighted by atomic mass is 35.5. The number of rotatable bonds is 1. The van der Waals surface area contributed by atoms with Crippen LogP contribution in [0.15, 0.2) is 18.2 Å². The summed E-state index contributed by atoms with van der Waals surface area (Å²) >= 11 is 18.4. The minimum Gasteiger partial charge on any atom is -0.275 e. The predicted molar refractivity (Wildman–Crippen MR) is 80.7 cm³/mol. The first-order valence-corrected chi connectivity index (χ1v) is 6.95. The maximum atomic E-state index is 6.23. The smallest absolute Gasteiger partial charge is 0.199 e. The van der Waals surface area contributed by atoms with Gasteiger partial charge in [0, 0.05) is 16.3 Å². The average Bonchev–Trinajstić information content (AvgIpc) is 2.84. The van der Waals surface area contributed by atoms with E-state index in [2.05, 4.69) is 15.2 Å². The molecule has 1 aromatic carbocycles. The van der Waals surface area contributed by atoms with Crippen molar-refractivity contribution in [3.63, 3.8) is 0 Å². The number of aryl methyl sites for hydroxylation is 2. The van der Waals surface area contributed by atoms with Crippen molar-refractivity contribution in [1.29, 1.82) is 0 Å². The number of aromatic nitrogens is 4. The lowest BCUT2D eigenvalue weighted by Gasteiger charge is -2.08. The second kappa shape index (κ2) is 4.88. The minimum absolute atomic E-state index is 0.310. The molecule has 0 saturated heterocycles. The fraction of sp³-hybridized carbons (Fsp3) is 0.154. The van der Waals surface area contributed by atoms with Gasteiger partial charge in [0.1, 0.15) is 0 Å². The zero-order valence-corrected chi connectivity index (χ0v) is 12.9. The number of hydrogen-bond acceptors (Lipinski definition) is 3. The first-order chi connectivity index (χ1) is 9.49. The van der Waals surface area contributed by atoms with Crippen LogP contribution >= 0.6 is 34.8 Å². The zero-order chi connectivity index (χ0) is 14.4. The van der Waals surface area contributed by atoms with E-state index in [4.69, 9.17) is 34.8 Å². The molecule has 0 aliphatic carbocycles. The van der Waals surface area contributed by atoms with Crippen LogP contribution in [0.2, 0.25) is 15.2 Å². The largest absolute Gasteiger partial charge is 0.275 e. The summed E-state index contributed by atoms with van der Waals surface area (Å²) in [6, 6.07) is 5.21. The van der Waals surface area contributed by atoms with Gasteiger partial charge in [-0.25, -0.2) is 4.98 Å². The van der Waals surface area contributed by atoms with Crippen LogP contribution in [0.4, 0.5) is 0 Å². The summed E-state index contributed by atoms with van der Waals surface area (Å²) in [5, 5.41) is 9.70. The van der Waals surface area contributed by atoms with Gasteiger partial charge in [0.25, 0.3) is 0 Å². The first-order valence-electron chi connectivity index (χ1n) is 5.82. The lowest BCUT2D eigenvalue weighted by atomic mass is 10.2. The normalized spacial score (nSPS) is 11.2. The van der Waals surface area contributed by atoms with E-state index in [0.717, 1.165) is 11.4 Å². The zero-order valence-electron chi connectivity index (χ0n) is 10.7. The molecule has 2 aromatic heterocycles. The van der Waals surface area contributed by atoms with Gasteiger partial charge in [0.15, 0.2) is 16.6 Å². The summed E-state index contributed by atoms with van der Waals surface area (Å²) < 4.78 is 1.84. The van der Waals surface area contributed by atoms with Crippen molar-refractivity contribution in [1.82, 2.24) is 19.6 Å². The topological polar surface area (TPSA) is 43.1 Å².